The molecule has 4 aromatic rings. The first-order valence-corrected chi connectivity index (χ1v) is 11.5. The normalized spacial score (nSPS) is 17.7. The summed E-state index contributed by atoms with van der Waals surface area (Å²) in [6.45, 7) is 0. The zero-order chi connectivity index (χ0) is 22.9. The SMILES string of the molecule is O=C(O)c1cccc(-n2cccc2[C@@H]2[C@H](c3ccccn3)NC(=S)N2c2ccc(Br)cc2)c1. The number of thiocarbonyl (C=S) groups is 1. The Morgan fingerprint density at radius 3 is 2.55 bits per heavy atom. The molecule has 1 saturated heterocycles. The number of hydrogen-bond acceptors (Lipinski definition) is 3. The number of aromatic nitrogens is 2. The Labute approximate surface area is 204 Å². The van der Waals surface area contributed by atoms with Crippen LogP contribution in [0.4, 0.5) is 5.69 Å². The first kappa shape index (κ1) is 21.4. The van der Waals surface area contributed by atoms with Gasteiger partial charge in [-0.3, -0.25) is 4.98 Å². The molecule has 2 N–H and O–H groups in total. The van der Waals surface area contributed by atoms with Crippen LogP contribution >= 0.6 is 28.1 Å². The van der Waals surface area contributed by atoms with E-state index in [4.69, 9.17) is 12.2 Å². The molecule has 5 rings (SSSR count). The highest BCUT2D eigenvalue weighted by molar-refractivity contribution is 9.10. The van der Waals surface area contributed by atoms with Crippen LogP contribution in [0.2, 0.25) is 0 Å². The molecule has 0 unspecified atom stereocenters. The fourth-order valence-corrected chi connectivity index (χ4v) is 4.80. The van der Waals surface area contributed by atoms with E-state index in [9.17, 15) is 9.90 Å². The van der Waals surface area contributed by atoms with Gasteiger partial charge in [0.1, 0.15) is 6.04 Å². The lowest BCUT2D eigenvalue weighted by Crippen LogP contribution is -2.30. The van der Waals surface area contributed by atoms with Crippen LogP contribution in [0.1, 0.15) is 33.8 Å². The summed E-state index contributed by atoms with van der Waals surface area (Å²) in [5.41, 5.74) is 3.78. The van der Waals surface area contributed by atoms with Crippen molar-refractivity contribution in [2.24, 2.45) is 0 Å². The molecule has 0 spiro atoms. The number of benzene rings is 2. The summed E-state index contributed by atoms with van der Waals surface area (Å²) in [7, 11) is 0. The molecule has 1 fully saturated rings. The smallest absolute Gasteiger partial charge is 0.335 e. The van der Waals surface area contributed by atoms with E-state index in [-0.39, 0.29) is 17.6 Å². The van der Waals surface area contributed by atoms with Gasteiger partial charge in [0, 0.05) is 33.9 Å². The van der Waals surface area contributed by atoms with Gasteiger partial charge >= 0.3 is 5.97 Å². The molecule has 164 valence electrons. The maximum atomic E-state index is 11.6. The van der Waals surface area contributed by atoms with Crippen LogP contribution in [0, 0.1) is 0 Å². The van der Waals surface area contributed by atoms with Gasteiger partial charge in [0.05, 0.1) is 17.3 Å². The third-order valence-corrected chi connectivity index (χ3v) is 6.50. The van der Waals surface area contributed by atoms with Crippen molar-refractivity contribution in [2.45, 2.75) is 12.1 Å². The van der Waals surface area contributed by atoms with E-state index in [1.165, 1.54) is 0 Å². The van der Waals surface area contributed by atoms with E-state index in [0.29, 0.717) is 5.11 Å². The predicted molar refractivity (Wildman–Crippen MR) is 135 cm³/mol. The van der Waals surface area contributed by atoms with Crippen molar-refractivity contribution < 1.29 is 9.90 Å². The predicted octanol–water partition coefficient (Wildman–Crippen LogP) is 5.51. The number of nitrogens with zero attached hydrogens (tertiary/aromatic N) is 3. The quantitative estimate of drug-likeness (QED) is 0.339. The van der Waals surface area contributed by atoms with Crippen molar-refractivity contribution >= 4 is 44.9 Å². The van der Waals surface area contributed by atoms with E-state index in [2.05, 4.69) is 31.1 Å². The number of hydrogen-bond donors (Lipinski definition) is 2. The molecule has 6 nitrogen and oxygen atoms in total. The van der Waals surface area contributed by atoms with Crippen LogP contribution in [0.25, 0.3) is 5.69 Å². The van der Waals surface area contributed by atoms with Gasteiger partial charge in [0.25, 0.3) is 0 Å². The molecule has 0 saturated carbocycles. The number of anilines is 1. The van der Waals surface area contributed by atoms with Crippen LogP contribution < -0.4 is 10.2 Å². The largest absolute Gasteiger partial charge is 0.478 e. The Bertz CT molecular complexity index is 1320. The molecule has 8 heteroatoms. The van der Waals surface area contributed by atoms with E-state index in [1.54, 1.807) is 24.4 Å². The van der Waals surface area contributed by atoms with Crippen molar-refractivity contribution in [3.05, 3.63) is 113 Å². The first-order valence-electron chi connectivity index (χ1n) is 10.3. The summed E-state index contributed by atoms with van der Waals surface area (Å²) in [5.74, 6) is -0.961. The Kier molecular flexibility index (Phi) is 5.70. The van der Waals surface area contributed by atoms with Crippen molar-refractivity contribution in [1.82, 2.24) is 14.9 Å². The zero-order valence-electron chi connectivity index (χ0n) is 17.3. The van der Waals surface area contributed by atoms with Gasteiger partial charge < -0.3 is 19.9 Å². The van der Waals surface area contributed by atoms with Crippen LogP contribution in [0.3, 0.4) is 0 Å². The Balaban J connectivity index is 1.66. The monoisotopic (exact) mass is 518 g/mol. The number of carboxylic acid groups (broad SMARTS) is 1. The standard InChI is InChI=1S/C25H19BrN4O2S/c26-17-9-11-18(12-10-17)30-23(22(28-25(30)33)20-7-1-2-13-27-20)21-8-4-14-29(21)19-6-3-5-16(15-19)24(31)32/h1-15,22-23H,(H,28,33)(H,31,32)/t22-,23+/m0/s1. The van der Waals surface area contributed by atoms with Gasteiger partial charge in [-0.25, -0.2) is 4.79 Å². The molecular formula is C25H19BrN4O2S. The number of pyridine rings is 1. The molecule has 3 heterocycles. The molecular weight excluding hydrogens is 500 g/mol. The Morgan fingerprint density at radius 2 is 1.82 bits per heavy atom. The van der Waals surface area contributed by atoms with Crippen LogP contribution in [-0.4, -0.2) is 25.7 Å². The van der Waals surface area contributed by atoms with E-state index >= 15 is 0 Å². The van der Waals surface area contributed by atoms with Gasteiger partial charge in [-0.15, -0.1) is 0 Å². The fraction of sp³-hybridized carbons (Fsp3) is 0.0800. The van der Waals surface area contributed by atoms with E-state index in [1.807, 2.05) is 71.4 Å². The number of nitrogens with one attached hydrogen (secondary N) is 1. The van der Waals surface area contributed by atoms with Crippen molar-refractivity contribution in [1.29, 1.82) is 0 Å². The van der Waals surface area contributed by atoms with E-state index in [0.717, 1.165) is 27.2 Å². The molecule has 1 aliphatic rings. The second-order valence-corrected chi connectivity index (χ2v) is 8.93. The van der Waals surface area contributed by atoms with E-state index < -0.39 is 5.97 Å². The van der Waals surface area contributed by atoms with Crippen LogP contribution in [0.15, 0.2) is 95.7 Å². The topological polar surface area (TPSA) is 70.4 Å². The minimum Gasteiger partial charge on any atom is -0.478 e. The van der Waals surface area contributed by atoms with Crippen molar-refractivity contribution in [3.63, 3.8) is 0 Å². The highest BCUT2D eigenvalue weighted by Crippen LogP contribution is 2.42. The van der Waals surface area contributed by atoms with Gasteiger partial charge in [-0.1, -0.05) is 28.1 Å². The van der Waals surface area contributed by atoms with Gasteiger partial charge in [-0.05, 0) is 78.9 Å². The van der Waals surface area contributed by atoms with Gasteiger partial charge in [0.2, 0.25) is 0 Å². The minimum atomic E-state index is -0.961. The summed E-state index contributed by atoms with van der Waals surface area (Å²) < 4.78 is 2.99. The first-order chi connectivity index (χ1) is 16.0. The number of aromatic carboxylic acids is 1. The Hall–Kier alpha value is -3.49. The lowest BCUT2D eigenvalue weighted by molar-refractivity contribution is 0.0697. The molecule has 0 bridgehead atoms. The average molecular weight is 519 g/mol. The molecule has 33 heavy (non-hydrogen) atoms. The highest BCUT2D eigenvalue weighted by atomic mass is 79.9. The zero-order valence-corrected chi connectivity index (χ0v) is 19.7. The summed E-state index contributed by atoms with van der Waals surface area (Å²) >= 11 is 9.29. The number of carboxylic acids is 1. The third-order valence-electron chi connectivity index (χ3n) is 5.66. The molecule has 1 aliphatic heterocycles. The van der Waals surface area contributed by atoms with Gasteiger partial charge in [0.15, 0.2) is 5.11 Å². The molecule has 2 atom stereocenters. The molecule has 2 aromatic carbocycles. The Morgan fingerprint density at radius 1 is 1.00 bits per heavy atom. The average Bonchev–Trinajstić information content (AvgIpc) is 3.44. The van der Waals surface area contributed by atoms with Crippen LogP contribution in [0.5, 0.6) is 0 Å². The number of halogens is 1. The third kappa shape index (κ3) is 4.03. The second kappa shape index (κ2) is 8.80. The lowest BCUT2D eigenvalue weighted by Gasteiger charge is -2.29. The number of carbonyl (C=O) groups is 1. The maximum absolute atomic E-state index is 11.6. The molecule has 0 amide bonds. The van der Waals surface area contributed by atoms with Crippen molar-refractivity contribution in [2.75, 3.05) is 4.90 Å². The minimum absolute atomic E-state index is 0.196. The second-order valence-electron chi connectivity index (χ2n) is 7.63. The highest BCUT2D eigenvalue weighted by Gasteiger charge is 2.42. The van der Waals surface area contributed by atoms with Gasteiger partial charge in [-0.2, -0.15) is 0 Å². The molecule has 0 aliphatic carbocycles. The lowest BCUT2D eigenvalue weighted by atomic mass is 10.0. The number of rotatable bonds is 5. The summed E-state index contributed by atoms with van der Waals surface area (Å²) in [6, 6.07) is 24.3. The molecule has 0 radical (unpaired) electrons. The summed E-state index contributed by atoms with van der Waals surface area (Å²) in [4.78, 5) is 18.2. The fourth-order valence-electron chi connectivity index (χ4n) is 4.19. The van der Waals surface area contributed by atoms with Crippen LogP contribution in [-0.2, 0) is 0 Å². The molecule has 2 aromatic heterocycles. The van der Waals surface area contributed by atoms with Crippen molar-refractivity contribution in [3.8, 4) is 5.69 Å². The summed E-state index contributed by atoms with van der Waals surface area (Å²) in [6.07, 6.45) is 3.71. The summed E-state index contributed by atoms with van der Waals surface area (Å²) in [5, 5.41) is 13.5. The maximum Gasteiger partial charge on any atom is 0.335 e.